The first kappa shape index (κ1) is 14.5. The Bertz CT molecular complexity index is 378. The molecule has 1 amide bonds. The van der Waals surface area contributed by atoms with Gasteiger partial charge >= 0.3 is 0 Å². The van der Waals surface area contributed by atoms with Crippen LogP contribution in [0.1, 0.15) is 18.9 Å². The van der Waals surface area contributed by atoms with Gasteiger partial charge in [-0.1, -0.05) is 19.1 Å². The molecule has 0 aliphatic rings. The zero-order chi connectivity index (χ0) is 13.4. The van der Waals surface area contributed by atoms with E-state index in [4.69, 9.17) is 4.74 Å². The highest BCUT2D eigenvalue weighted by atomic mass is 16.5. The number of nitrogens with zero attached hydrogens (tertiary/aromatic N) is 1. The van der Waals surface area contributed by atoms with Crippen LogP contribution in [-0.2, 0) is 11.3 Å². The van der Waals surface area contributed by atoms with Crippen molar-refractivity contribution in [3.8, 4) is 5.75 Å². The van der Waals surface area contributed by atoms with Gasteiger partial charge in [-0.3, -0.25) is 4.79 Å². The van der Waals surface area contributed by atoms with Crippen molar-refractivity contribution in [1.29, 1.82) is 0 Å². The first-order chi connectivity index (χ1) is 8.63. The van der Waals surface area contributed by atoms with Crippen LogP contribution in [0, 0.1) is 0 Å². The zero-order valence-corrected chi connectivity index (χ0v) is 11.4. The largest absolute Gasteiger partial charge is 0.484 e. The maximum absolute atomic E-state index is 11.4. The fraction of sp³-hybridized carbons (Fsp3) is 0.500. The lowest BCUT2D eigenvalue weighted by atomic mass is 10.2. The number of carbonyl (C=O) groups excluding carboxylic acids is 1. The summed E-state index contributed by atoms with van der Waals surface area (Å²) in [5.41, 5.74) is 1.17. The lowest BCUT2D eigenvalue weighted by Crippen LogP contribution is -2.27. The summed E-state index contributed by atoms with van der Waals surface area (Å²) in [6, 6.07) is 7.82. The van der Waals surface area contributed by atoms with Gasteiger partial charge in [-0.15, -0.1) is 0 Å². The Morgan fingerprint density at radius 1 is 1.39 bits per heavy atom. The standard InChI is InChI=1S/C14H22N2O2/c1-4-8-15-10-12-6-5-7-13(9-12)18-11-14(17)16(2)3/h5-7,9,15H,4,8,10-11H2,1-3H3. The predicted octanol–water partition coefficient (Wildman–Crippen LogP) is 1.65. The summed E-state index contributed by atoms with van der Waals surface area (Å²) in [5.74, 6) is 0.700. The van der Waals surface area contributed by atoms with Crippen LogP contribution < -0.4 is 10.1 Å². The Labute approximate surface area is 109 Å². The van der Waals surface area contributed by atoms with Gasteiger partial charge in [-0.2, -0.15) is 0 Å². The minimum absolute atomic E-state index is 0.0375. The van der Waals surface area contributed by atoms with Crippen molar-refractivity contribution >= 4 is 5.91 Å². The molecule has 0 radical (unpaired) electrons. The van der Waals surface area contributed by atoms with Crippen LogP contribution in [0.25, 0.3) is 0 Å². The van der Waals surface area contributed by atoms with Crippen molar-refractivity contribution in [3.63, 3.8) is 0 Å². The van der Waals surface area contributed by atoms with Crippen molar-refractivity contribution in [2.45, 2.75) is 19.9 Å². The van der Waals surface area contributed by atoms with Gasteiger partial charge in [0.05, 0.1) is 0 Å². The summed E-state index contributed by atoms with van der Waals surface area (Å²) >= 11 is 0. The van der Waals surface area contributed by atoms with Crippen LogP contribution in [0.5, 0.6) is 5.75 Å². The van der Waals surface area contributed by atoms with Crippen molar-refractivity contribution in [2.75, 3.05) is 27.2 Å². The Balaban J connectivity index is 2.46. The number of likely N-dealkylation sites (N-methyl/N-ethyl adjacent to an activating group) is 1. The molecular formula is C14H22N2O2. The molecular weight excluding hydrogens is 228 g/mol. The van der Waals surface area contributed by atoms with E-state index in [0.717, 1.165) is 25.3 Å². The molecule has 0 saturated carbocycles. The first-order valence-electron chi connectivity index (χ1n) is 6.26. The average molecular weight is 250 g/mol. The summed E-state index contributed by atoms with van der Waals surface area (Å²) in [4.78, 5) is 12.9. The summed E-state index contributed by atoms with van der Waals surface area (Å²) in [6.45, 7) is 4.05. The third kappa shape index (κ3) is 5.19. The Morgan fingerprint density at radius 3 is 2.83 bits per heavy atom. The molecule has 0 heterocycles. The van der Waals surface area contributed by atoms with Gasteiger partial charge in [0, 0.05) is 20.6 Å². The topological polar surface area (TPSA) is 41.6 Å². The summed E-state index contributed by atoms with van der Waals surface area (Å²) < 4.78 is 5.46. The van der Waals surface area contributed by atoms with E-state index in [2.05, 4.69) is 12.2 Å². The third-order valence-electron chi connectivity index (χ3n) is 2.52. The van der Waals surface area contributed by atoms with Gasteiger partial charge in [0.25, 0.3) is 5.91 Å². The van der Waals surface area contributed by atoms with Crippen LogP contribution >= 0.6 is 0 Å². The highest BCUT2D eigenvalue weighted by Gasteiger charge is 2.05. The minimum Gasteiger partial charge on any atom is -0.484 e. The summed E-state index contributed by atoms with van der Waals surface area (Å²) in [5, 5.41) is 3.33. The maximum atomic E-state index is 11.4. The molecule has 1 N–H and O–H groups in total. The smallest absolute Gasteiger partial charge is 0.259 e. The van der Waals surface area contributed by atoms with Crippen LogP contribution in [0.4, 0.5) is 0 Å². The van der Waals surface area contributed by atoms with E-state index < -0.39 is 0 Å². The van der Waals surface area contributed by atoms with Crippen LogP contribution in [-0.4, -0.2) is 38.1 Å². The maximum Gasteiger partial charge on any atom is 0.259 e. The zero-order valence-electron chi connectivity index (χ0n) is 11.4. The molecule has 1 aromatic rings. The third-order valence-corrected chi connectivity index (χ3v) is 2.52. The second kappa shape index (κ2) is 7.71. The molecule has 0 aliphatic heterocycles. The predicted molar refractivity (Wildman–Crippen MR) is 72.6 cm³/mol. The molecule has 1 aromatic carbocycles. The Hall–Kier alpha value is -1.55. The molecule has 0 bridgehead atoms. The first-order valence-corrected chi connectivity index (χ1v) is 6.26. The number of benzene rings is 1. The van der Waals surface area contributed by atoms with E-state index in [1.165, 1.54) is 10.5 Å². The van der Waals surface area contributed by atoms with Gasteiger partial charge in [0.1, 0.15) is 5.75 Å². The van der Waals surface area contributed by atoms with E-state index in [0.29, 0.717) is 0 Å². The lowest BCUT2D eigenvalue weighted by Gasteiger charge is -2.12. The van der Waals surface area contributed by atoms with Crippen molar-refractivity contribution in [1.82, 2.24) is 10.2 Å². The SMILES string of the molecule is CCCNCc1cccc(OCC(=O)N(C)C)c1. The quantitative estimate of drug-likeness (QED) is 0.748. The molecule has 0 fully saturated rings. The lowest BCUT2D eigenvalue weighted by molar-refractivity contribution is -0.130. The summed E-state index contributed by atoms with van der Waals surface area (Å²) in [7, 11) is 3.44. The molecule has 0 atom stereocenters. The van der Waals surface area contributed by atoms with Gasteiger partial charge in [-0.25, -0.2) is 0 Å². The molecule has 0 saturated heterocycles. The van der Waals surface area contributed by atoms with E-state index >= 15 is 0 Å². The molecule has 0 aromatic heterocycles. The highest BCUT2D eigenvalue weighted by Crippen LogP contribution is 2.13. The molecule has 4 heteroatoms. The number of carbonyl (C=O) groups is 1. The Morgan fingerprint density at radius 2 is 2.17 bits per heavy atom. The van der Waals surface area contributed by atoms with Crippen molar-refractivity contribution in [3.05, 3.63) is 29.8 Å². The number of hydrogen-bond donors (Lipinski definition) is 1. The van der Waals surface area contributed by atoms with Gasteiger partial charge in [0.15, 0.2) is 6.61 Å². The van der Waals surface area contributed by atoms with Gasteiger partial charge < -0.3 is 15.0 Å². The Kier molecular flexibility index (Phi) is 6.22. The fourth-order valence-corrected chi connectivity index (χ4v) is 1.43. The second-order valence-corrected chi connectivity index (χ2v) is 4.40. The fourth-order valence-electron chi connectivity index (χ4n) is 1.43. The van der Waals surface area contributed by atoms with Crippen LogP contribution in [0.3, 0.4) is 0 Å². The molecule has 0 spiro atoms. The number of hydrogen-bond acceptors (Lipinski definition) is 3. The normalized spacial score (nSPS) is 10.2. The van der Waals surface area contributed by atoms with E-state index in [9.17, 15) is 4.79 Å². The second-order valence-electron chi connectivity index (χ2n) is 4.40. The highest BCUT2D eigenvalue weighted by molar-refractivity contribution is 5.77. The number of ether oxygens (including phenoxy) is 1. The molecule has 0 unspecified atom stereocenters. The summed E-state index contributed by atoms with van der Waals surface area (Å²) in [6.07, 6.45) is 1.12. The molecule has 100 valence electrons. The van der Waals surface area contributed by atoms with Gasteiger partial charge in [-0.05, 0) is 30.7 Å². The number of rotatable bonds is 7. The van der Waals surface area contributed by atoms with Gasteiger partial charge in [0.2, 0.25) is 0 Å². The number of nitrogens with one attached hydrogen (secondary N) is 1. The monoisotopic (exact) mass is 250 g/mol. The van der Waals surface area contributed by atoms with Crippen LogP contribution in [0.2, 0.25) is 0 Å². The molecule has 1 rings (SSSR count). The van der Waals surface area contributed by atoms with E-state index in [1.807, 2.05) is 24.3 Å². The van der Waals surface area contributed by atoms with Crippen molar-refractivity contribution in [2.24, 2.45) is 0 Å². The minimum atomic E-state index is -0.0375. The molecule has 4 nitrogen and oxygen atoms in total. The van der Waals surface area contributed by atoms with Crippen molar-refractivity contribution < 1.29 is 9.53 Å². The average Bonchev–Trinajstić information content (AvgIpc) is 2.36. The van der Waals surface area contributed by atoms with E-state index in [-0.39, 0.29) is 12.5 Å². The number of amides is 1. The molecule has 18 heavy (non-hydrogen) atoms. The van der Waals surface area contributed by atoms with Crippen LogP contribution in [0.15, 0.2) is 24.3 Å². The molecule has 0 aliphatic carbocycles. The van der Waals surface area contributed by atoms with E-state index in [1.54, 1.807) is 14.1 Å².